The third-order valence-electron chi connectivity index (χ3n) is 1.58. The van der Waals surface area contributed by atoms with Crippen LogP contribution in [0.5, 0.6) is 0 Å². The molecule has 3 heteroatoms. The van der Waals surface area contributed by atoms with Gasteiger partial charge in [-0.25, -0.2) is 4.98 Å². The number of pyridine rings is 1. The molecule has 1 aromatic heterocycles. The molecule has 0 spiro atoms. The molecular weight excluding hydrogens is 176 g/mol. The second kappa shape index (κ2) is 7.09. The van der Waals surface area contributed by atoms with Crippen molar-refractivity contribution in [1.29, 1.82) is 0 Å². The van der Waals surface area contributed by atoms with Gasteiger partial charge in [-0.3, -0.25) is 0 Å². The minimum absolute atomic E-state index is 0.426. The first-order valence-corrected chi connectivity index (χ1v) is 4.74. The van der Waals surface area contributed by atoms with Crippen LogP contribution in [0.4, 0.5) is 5.82 Å². The maximum atomic E-state index is 9.49. The van der Waals surface area contributed by atoms with Gasteiger partial charge in [0.05, 0.1) is 6.10 Å². The molecule has 0 aliphatic carbocycles. The van der Waals surface area contributed by atoms with Gasteiger partial charge < -0.3 is 10.8 Å². The fourth-order valence-corrected chi connectivity index (χ4v) is 0.967. The molecule has 0 aliphatic heterocycles. The van der Waals surface area contributed by atoms with Gasteiger partial charge in [0, 0.05) is 6.20 Å². The lowest BCUT2D eigenvalue weighted by Gasteiger charge is -2.07. The highest BCUT2D eigenvalue weighted by molar-refractivity contribution is 5.32. The van der Waals surface area contributed by atoms with Crippen LogP contribution in [0.25, 0.3) is 0 Å². The van der Waals surface area contributed by atoms with Crippen LogP contribution in [-0.4, -0.2) is 10.1 Å². The highest BCUT2D eigenvalue weighted by Crippen LogP contribution is 2.17. The average molecular weight is 194 g/mol. The van der Waals surface area contributed by atoms with E-state index in [2.05, 4.69) is 11.6 Å². The van der Waals surface area contributed by atoms with Crippen LogP contribution in [0.15, 0.2) is 31.0 Å². The van der Waals surface area contributed by atoms with Crippen LogP contribution in [-0.2, 0) is 0 Å². The minimum Gasteiger partial charge on any atom is -0.388 e. The number of anilines is 1. The van der Waals surface area contributed by atoms with E-state index < -0.39 is 6.10 Å². The summed E-state index contributed by atoms with van der Waals surface area (Å²) in [4.78, 5) is 3.82. The maximum Gasteiger partial charge on any atom is 0.123 e. The fraction of sp³-hybridized carbons (Fsp3) is 0.364. The number of rotatable bonds is 3. The molecule has 1 atom stereocenters. The summed E-state index contributed by atoms with van der Waals surface area (Å²) in [6, 6.07) is 3.40. The van der Waals surface area contributed by atoms with Crippen LogP contribution in [0.3, 0.4) is 0 Å². The first kappa shape index (κ1) is 12.7. The lowest BCUT2D eigenvalue weighted by molar-refractivity contribution is 0.181. The summed E-state index contributed by atoms with van der Waals surface area (Å²) < 4.78 is 0. The molecule has 0 fully saturated rings. The van der Waals surface area contributed by atoms with Gasteiger partial charge in [0.2, 0.25) is 0 Å². The number of aliphatic hydroxyl groups excluding tert-OH is 1. The molecule has 0 aliphatic rings. The molecule has 0 amide bonds. The van der Waals surface area contributed by atoms with E-state index in [1.165, 1.54) is 0 Å². The molecule has 1 heterocycles. The van der Waals surface area contributed by atoms with Gasteiger partial charge in [-0.2, -0.15) is 0 Å². The Labute approximate surface area is 85.3 Å². The third-order valence-corrected chi connectivity index (χ3v) is 1.58. The Morgan fingerprint density at radius 2 is 2.29 bits per heavy atom. The molecule has 1 unspecified atom stereocenters. The van der Waals surface area contributed by atoms with E-state index in [9.17, 15) is 5.11 Å². The molecule has 0 aromatic carbocycles. The minimum atomic E-state index is -0.521. The molecule has 1 rings (SSSR count). The molecular formula is C11H18N2O. The number of hydrogen-bond donors (Lipinski definition) is 2. The number of aliphatic hydroxyl groups is 1. The molecule has 3 nitrogen and oxygen atoms in total. The van der Waals surface area contributed by atoms with E-state index in [1.54, 1.807) is 24.4 Å². The van der Waals surface area contributed by atoms with Crippen molar-refractivity contribution < 1.29 is 5.11 Å². The van der Waals surface area contributed by atoms with E-state index in [1.807, 2.05) is 13.8 Å². The molecule has 14 heavy (non-hydrogen) atoms. The normalized spacial score (nSPS) is 11.1. The SMILES string of the molecule is C=CCC(O)c1ccnc(N)c1.CC. The van der Waals surface area contributed by atoms with Crippen molar-refractivity contribution in [2.45, 2.75) is 26.4 Å². The summed E-state index contributed by atoms with van der Waals surface area (Å²) in [5, 5.41) is 9.49. The summed E-state index contributed by atoms with van der Waals surface area (Å²) in [6.07, 6.45) is 3.26. The number of aromatic nitrogens is 1. The van der Waals surface area contributed by atoms with Gasteiger partial charge in [0.15, 0.2) is 0 Å². The predicted molar refractivity (Wildman–Crippen MR) is 59.8 cm³/mol. The molecule has 0 saturated carbocycles. The van der Waals surface area contributed by atoms with Crippen molar-refractivity contribution in [3.8, 4) is 0 Å². The van der Waals surface area contributed by atoms with E-state index in [0.717, 1.165) is 5.56 Å². The van der Waals surface area contributed by atoms with Gasteiger partial charge in [0.25, 0.3) is 0 Å². The monoisotopic (exact) mass is 194 g/mol. The average Bonchev–Trinajstić information content (AvgIpc) is 2.21. The Hall–Kier alpha value is -1.35. The zero-order valence-corrected chi connectivity index (χ0v) is 8.77. The lowest BCUT2D eigenvalue weighted by atomic mass is 10.1. The Morgan fingerprint density at radius 3 is 2.79 bits per heavy atom. The number of hydrogen-bond acceptors (Lipinski definition) is 3. The Kier molecular flexibility index (Phi) is 6.41. The smallest absolute Gasteiger partial charge is 0.123 e. The van der Waals surface area contributed by atoms with E-state index >= 15 is 0 Å². The zero-order valence-electron chi connectivity index (χ0n) is 8.77. The van der Waals surface area contributed by atoms with Crippen molar-refractivity contribution >= 4 is 5.82 Å². The second-order valence-corrected chi connectivity index (χ2v) is 2.55. The van der Waals surface area contributed by atoms with Crippen molar-refractivity contribution in [2.75, 3.05) is 5.73 Å². The first-order valence-electron chi connectivity index (χ1n) is 4.74. The van der Waals surface area contributed by atoms with Gasteiger partial charge >= 0.3 is 0 Å². The van der Waals surface area contributed by atoms with Crippen molar-refractivity contribution in [2.24, 2.45) is 0 Å². The topological polar surface area (TPSA) is 59.1 Å². The quantitative estimate of drug-likeness (QED) is 0.726. The Morgan fingerprint density at radius 1 is 1.64 bits per heavy atom. The van der Waals surface area contributed by atoms with E-state index in [4.69, 9.17) is 5.73 Å². The first-order chi connectivity index (χ1) is 6.74. The molecule has 0 bridgehead atoms. The zero-order chi connectivity index (χ0) is 11.0. The largest absolute Gasteiger partial charge is 0.388 e. The number of nitrogen functional groups attached to an aromatic ring is 1. The lowest BCUT2D eigenvalue weighted by Crippen LogP contribution is -1.98. The number of nitrogens with two attached hydrogens (primary N) is 1. The van der Waals surface area contributed by atoms with Crippen molar-refractivity contribution in [3.05, 3.63) is 36.5 Å². The summed E-state index contributed by atoms with van der Waals surface area (Å²) >= 11 is 0. The highest BCUT2D eigenvalue weighted by Gasteiger charge is 2.04. The van der Waals surface area contributed by atoms with Gasteiger partial charge in [-0.05, 0) is 24.1 Å². The van der Waals surface area contributed by atoms with Crippen LogP contribution < -0.4 is 5.73 Å². The van der Waals surface area contributed by atoms with Crippen LogP contribution in [0, 0.1) is 0 Å². The van der Waals surface area contributed by atoms with Crippen molar-refractivity contribution in [1.82, 2.24) is 4.98 Å². The predicted octanol–water partition coefficient (Wildman–Crippen LogP) is 2.30. The molecule has 0 saturated heterocycles. The number of nitrogens with zero attached hydrogens (tertiary/aromatic N) is 1. The highest BCUT2D eigenvalue weighted by atomic mass is 16.3. The second-order valence-electron chi connectivity index (χ2n) is 2.55. The molecule has 0 radical (unpaired) electrons. The van der Waals surface area contributed by atoms with Gasteiger partial charge in [-0.1, -0.05) is 19.9 Å². The Balaban J connectivity index is 0.000000791. The van der Waals surface area contributed by atoms with Gasteiger partial charge in [0.1, 0.15) is 5.82 Å². The maximum absolute atomic E-state index is 9.49. The standard InChI is InChI=1S/C9H12N2O.C2H6/c1-2-3-8(12)7-4-5-11-9(10)6-7;1-2/h2,4-6,8,12H,1,3H2,(H2,10,11);1-2H3. The molecule has 3 N–H and O–H groups in total. The van der Waals surface area contributed by atoms with E-state index in [0.29, 0.717) is 12.2 Å². The van der Waals surface area contributed by atoms with Gasteiger partial charge in [-0.15, -0.1) is 6.58 Å². The van der Waals surface area contributed by atoms with E-state index in [-0.39, 0.29) is 0 Å². The Bertz CT molecular complexity index is 274. The van der Waals surface area contributed by atoms with Crippen LogP contribution in [0.1, 0.15) is 31.9 Å². The molecule has 1 aromatic rings. The molecule has 78 valence electrons. The fourth-order valence-electron chi connectivity index (χ4n) is 0.967. The summed E-state index contributed by atoms with van der Waals surface area (Å²) in [5.41, 5.74) is 6.22. The summed E-state index contributed by atoms with van der Waals surface area (Å²) in [7, 11) is 0. The van der Waals surface area contributed by atoms with Crippen LogP contribution in [0.2, 0.25) is 0 Å². The third kappa shape index (κ3) is 4.05. The summed E-state index contributed by atoms with van der Waals surface area (Å²) in [6.45, 7) is 7.54. The van der Waals surface area contributed by atoms with Crippen molar-refractivity contribution in [3.63, 3.8) is 0 Å². The van der Waals surface area contributed by atoms with Crippen LogP contribution >= 0.6 is 0 Å². The summed E-state index contributed by atoms with van der Waals surface area (Å²) in [5.74, 6) is 0.426.